The summed E-state index contributed by atoms with van der Waals surface area (Å²) in [5, 5.41) is 0.864. The Morgan fingerprint density at radius 2 is 1.80 bits per heavy atom. The molecule has 4 rings (SSSR count). The molecule has 30 heavy (non-hydrogen) atoms. The van der Waals surface area contributed by atoms with E-state index in [1.165, 1.54) is 12.0 Å². The molecule has 0 aromatic carbocycles. The molecule has 1 aliphatic heterocycles. The van der Waals surface area contributed by atoms with E-state index < -0.39 is 5.97 Å². The van der Waals surface area contributed by atoms with Crippen LogP contribution in [0.25, 0.3) is 5.00 Å². The maximum Gasteiger partial charge on any atom is 0.341 e. The zero-order valence-corrected chi connectivity index (χ0v) is 17.9. The lowest BCUT2D eigenvalue weighted by atomic mass is 9.95. The summed E-state index contributed by atoms with van der Waals surface area (Å²) in [7, 11) is 1.38. The maximum atomic E-state index is 13.0. The minimum absolute atomic E-state index is 0.164. The summed E-state index contributed by atoms with van der Waals surface area (Å²) in [5.41, 5.74) is 1.68. The molecule has 2 aliphatic rings. The highest BCUT2D eigenvalue weighted by Crippen LogP contribution is 2.37. The van der Waals surface area contributed by atoms with Crippen LogP contribution in [0.5, 0.6) is 0 Å². The number of rotatable bonds is 5. The molecule has 0 unspecified atom stereocenters. The number of aromatic nitrogens is 1. The Hall–Kier alpha value is -2.61. The molecule has 0 radical (unpaired) electrons. The second-order valence-corrected chi connectivity index (χ2v) is 8.82. The van der Waals surface area contributed by atoms with Crippen molar-refractivity contribution in [2.45, 2.75) is 38.5 Å². The predicted octanol–water partition coefficient (Wildman–Crippen LogP) is 2.99. The molecule has 7 nitrogen and oxygen atoms in total. The summed E-state index contributed by atoms with van der Waals surface area (Å²) < 4.78 is 12.2. The van der Waals surface area contributed by atoms with Crippen LogP contribution in [0, 0.1) is 5.92 Å². The molecule has 160 valence electrons. The second-order valence-electron chi connectivity index (χ2n) is 7.74. The van der Waals surface area contributed by atoms with Crippen molar-refractivity contribution in [3.63, 3.8) is 0 Å². The van der Waals surface area contributed by atoms with E-state index in [1.807, 2.05) is 29.1 Å². The van der Waals surface area contributed by atoms with Gasteiger partial charge in [-0.15, -0.1) is 11.3 Å². The van der Waals surface area contributed by atoms with E-state index in [4.69, 9.17) is 9.47 Å². The molecule has 0 bridgehead atoms. The van der Waals surface area contributed by atoms with Crippen molar-refractivity contribution in [3.05, 3.63) is 40.5 Å². The van der Waals surface area contributed by atoms with Gasteiger partial charge in [-0.25, -0.2) is 4.79 Å². The van der Waals surface area contributed by atoms with E-state index in [1.54, 1.807) is 16.2 Å². The topological polar surface area (TPSA) is 77.8 Å². The molecule has 2 aromatic rings. The Morgan fingerprint density at radius 3 is 2.50 bits per heavy atom. The van der Waals surface area contributed by atoms with Gasteiger partial charge in [0.1, 0.15) is 5.00 Å². The number of carbonyl (C=O) groups is 3. The van der Waals surface area contributed by atoms with Crippen molar-refractivity contribution in [2.24, 2.45) is 5.92 Å². The van der Waals surface area contributed by atoms with E-state index in [0.717, 1.165) is 36.2 Å². The molecule has 0 N–H and O–H groups in total. The quantitative estimate of drug-likeness (QED) is 0.682. The highest BCUT2D eigenvalue weighted by atomic mass is 32.1. The number of fused-ring (bicyclic) bond motifs is 1. The number of amides is 1. The monoisotopic (exact) mass is 430 g/mol. The zero-order chi connectivity index (χ0) is 21.1. The number of hydrogen-bond acceptors (Lipinski definition) is 6. The fraction of sp³-hybridized carbons (Fsp3) is 0.500. The first-order chi connectivity index (χ1) is 14.6. The number of hydrogen-bond donors (Lipinski definition) is 0. The first-order valence-electron chi connectivity index (χ1n) is 10.4. The van der Waals surface area contributed by atoms with Crippen LogP contribution in [0.1, 0.15) is 46.5 Å². The molecule has 1 amide bonds. The fourth-order valence-electron chi connectivity index (χ4n) is 4.24. The highest BCUT2D eigenvalue weighted by molar-refractivity contribution is 7.15. The fourth-order valence-corrected chi connectivity index (χ4v) is 5.58. The van der Waals surface area contributed by atoms with Gasteiger partial charge in [0.2, 0.25) is 0 Å². The van der Waals surface area contributed by atoms with Gasteiger partial charge in [-0.3, -0.25) is 9.59 Å². The summed E-state index contributed by atoms with van der Waals surface area (Å²) >= 11 is 1.64. The number of carbonyl (C=O) groups excluding carboxylic acids is 3. The highest BCUT2D eigenvalue weighted by Gasteiger charge is 2.30. The van der Waals surface area contributed by atoms with Crippen molar-refractivity contribution in [1.29, 1.82) is 0 Å². The van der Waals surface area contributed by atoms with E-state index >= 15 is 0 Å². The van der Waals surface area contributed by atoms with Crippen molar-refractivity contribution in [3.8, 4) is 5.00 Å². The standard InChI is InChI=1S/C22H26N2O5S/c1-28-21(26)15-8-12-23(13-9-15)18(25)14-29-22(27)19-16-6-2-3-7-17(16)30-20(19)24-10-4-5-11-24/h4-5,10-11,15H,2-3,6-9,12-14H2,1H3. The number of esters is 2. The van der Waals surface area contributed by atoms with Gasteiger partial charge in [0.15, 0.2) is 6.61 Å². The van der Waals surface area contributed by atoms with Crippen molar-refractivity contribution in [2.75, 3.05) is 26.8 Å². The number of thiophene rings is 1. The number of ether oxygens (including phenoxy) is 2. The first-order valence-corrected chi connectivity index (χ1v) is 11.2. The van der Waals surface area contributed by atoms with Gasteiger partial charge in [0.25, 0.3) is 5.91 Å². The van der Waals surface area contributed by atoms with Gasteiger partial charge in [-0.2, -0.15) is 0 Å². The van der Waals surface area contributed by atoms with Gasteiger partial charge in [0, 0.05) is 30.4 Å². The van der Waals surface area contributed by atoms with Crippen LogP contribution in [0.3, 0.4) is 0 Å². The maximum absolute atomic E-state index is 13.0. The van der Waals surface area contributed by atoms with Gasteiger partial charge in [0.05, 0.1) is 18.6 Å². The molecule has 0 spiro atoms. The minimum atomic E-state index is -0.434. The molecule has 0 saturated carbocycles. The van der Waals surface area contributed by atoms with Crippen molar-refractivity contribution >= 4 is 29.2 Å². The largest absolute Gasteiger partial charge is 0.469 e. The summed E-state index contributed by atoms with van der Waals surface area (Å²) in [6.45, 7) is 0.661. The van der Waals surface area contributed by atoms with Gasteiger partial charge in [-0.05, 0) is 56.2 Å². The van der Waals surface area contributed by atoms with Crippen LogP contribution in [0.15, 0.2) is 24.5 Å². The average molecular weight is 431 g/mol. The van der Waals surface area contributed by atoms with Crippen LogP contribution in [-0.4, -0.2) is 54.1 Å². The first kappa shape index (κ1) is 20.7. The third-order valence-electron chi connectivity index (χ3n) is 5.90. The lowest BCUT2D eigenvalue weighted by Gasteiger charge is -2.30. The molecule has 2 aromatic heterocycles. The second kappa shape index (κ2) is 9.04. The van der Waals surface area contributed by atoms with E-state index in [0.29, 0.717) is 31.5 Å². The van der Waals surface area contributed by atoms with Crippen LogP contribution < -0.4 is 0 Å². The molecular weight excluding hydrogens is 404 g/mol. The minimum Gasteiger partial charge on any atom is -0.469 e. The lowest BCUT2D eigenvalue weighted by molar-refractivity contribution is -0.149. The van der Waals surface area contributed by atoms with Gasteiger partial charge < -0.3 is 18.9 Å². The van der Waals surface area contributed by atoms with E-state index in [9.17, 15) is 14.4 Å². The Labute approximate surface area is 179 Å². The summed E-state index contributed by atoms with van der Waals surface area (Å²) in [6, 6.07) is 3.85. The predicted molar refractivity (Wildman–Crippen MR) is 112 cm³/mol. The number of nitrogens with zero attached hydrogens (tertiary/aromatic N) is 2. The van der Waals surface area contributed by atoms with Gasteiger partial charge in [-0.1, -0.05) is 0 Å². The SMILES string of the molecule is COC(=O)C1CCN(C(=O)COC(=O)c2c(-n3cccc3)sc3c2CCCC3)CC1. The van der Waals surface area contributed by atoms with Crippen LogP contribution in [0.4, 0.5) is 0 Å². The molecule has 0 atom stereocenters. The lowest BCUT2D eigenvalue weighted by Crippen LogP contribution is -2.42. The Balaban J connectivity index is 1.42. The average Bonchev–Trinajstić information content (AvgIpc) is 3.44. The number of piperidine rings is 1. The third-order valence-corrected chi connectivity index (χ3v) is 7.21. The van der Waals surface area contributed by atoms with E-state index in [-0.39, 0.29) is 24.4 Å². The molecule has 3 heterocycles. The Morgan fingerprint density at radius 1 is 1.10 bits per heavy atom. The summed E-state index contributed by atoms with van der Waals surface area (Å²) in [6.07, 6.45) is 9.03. The molecule has 1 fully saturated rings. The Kier molecular flexibility index (Phi) is 6.22. The van der Waals surface area contributed by atoms with Crippen LogP contribution >= 0.6 is 11.3 Å². The number of methoxy groups -OCH3 is 1. The molecule has 1 saturated heterocycles. The van der Waals surface area contributed by atoms with Crippen molar-refractivity contribution < 1.29 is 23.9 Å². The van der Waals surface area contributed by atoms with Crippen LogP contribution in [0.2, 0.25) is 0 Å². The third kappa shape index (κ3) is 4.14. The summed E-state index contributed by atoms with van der Waals surface area (Å²) in [5.74, 6) is -1.05. The van der Waals surface area contributed by atoms with Gasteiger partial charge >= 0.3 is 11.9 Å². The smallest absolute Gasteiger partial charge is 0.341 e. The number of aryl methyl sites for hydroxylation is 1. The van der Waals surface area contributed by atoms with E-state index in [2.05, 4.69) is 0 Å². The molecule has 1 aliphatic carbocycles. The molecule has 8 heteroatoms. The molecular formula is C22H26N2O5S. The van der Waals surface area contributed by atoms with Crippen LogP contribution in [-0.2, 0) is 31.9 Å². The Bertz CT molecular complexity index is 926. The number of likely N-dealkylation sites (tertiary alicyclic amines) is 1. The normalized spacial score (nSPS) is 16.8. The van der Waals surface area contributed by atoms with Crippen molar-refractivity contribution in [1.82, 2.24) is 9.47 Å². The zero-order valence-electron chi connectivity index (χ0n) is 17.1. The summed E-state index contributed by atoms with van der Waals surface area (Å²) in [4.78, 5) is 40.1.